The van der Waals surface area contributed by atoms with E-state index >= 15 is 0 Å². The molecule has 2 rings (SSSR count). The standard InChI is InChI=1S/C13H18N2O3/c1-13(2,17)8-14-9-4-5-11-10(6-9)15(3)12(16)7-18-11/h4-6,14,17H,7-8H2,1-3H3. The summed E-state index contributed by atoms with van der Waals surface area (Å²) in [6.45, 7) is 3.98. The molecule has 0 atom stereocenters. The normalized spacial score (nSPS) is 15.1. The Bertz CT molecular complexity index is 466. The highest BCUT2D eigenvalue weighted by Gasteiger charge is 2.22. The lowest BCUT2D eigenvalue weighted by Gasteiger charge is -2.27. The van der Waals surface area contributed by atoms with Crippen LogP contribution in [0.25, 0.3) is 0 Å². The maximum absolute atomic E-state index is 11.5. The minimum Gasteiger partial charge on any atom is -0.482 e. The number of carbonyl (C=O) groups is 1. The van der Waals surface area contributed by atoms with Crippen LogP contribution in [0.1, 0.15) is 13.8 Å². The van der Waals surface area contributed by atoms with Gasteiger partial charge >= 0.3 is 0 Å². The van der Waals surface area contributed by atoms with Crippen molar-refractivity contribution >= 4 is 17.3 Å². The quantitative estimate of drug-likeness (QED) is 0.847. The fourth-order valence-corrected chi connectivity index (χ4v) is 1.70. The molecule has 18 heavy (non-hydrogen) atoms. The van der Waals surface area contributed by atoms with Gasteiger partial charge < -0.3 is 20.1 Å². The van der Waals surface area contributed by atoms with Gasteiger partial charge in [0, 0.05) is 19.3 Å². The molecule has 5 heteroatoms. The fraction of sp³-hybridized carbons (Fsp3) is 0.462. The first-order valence-electron chi connectivity index (χ1n) is 5.86. The number of anilines is 2. The van der Waals surface area contributed by atoms with Gasteiger partial charge in [-0.15, -0.1) is 0 Å². The van der Waals surface area contributed by atoms with Gasteiger partial charge in [-0.25, -0.2) is 0 Å². The molecule has 0 aliphatic carbocycles. The summed E-state index contributed by atoms with van der Waals surface area (Å²) in [4.78, 5) is 13.1. The van der Waals surface area contributed by atoms with E-state index in [1.165, 1.54) is 0 Å². The third kappa shape index (κ3) is 2.73. The molecule has 1 aromatic rings. The molecule has 0 spiro atoms. The van der Waals surface area contributed by atoms with Crippen LogP contribution in [-0.4, -0.2) is 36.8 Å². The molecule has 0 saturated heterocycles. The molecule has 1 aliphatic heterocycles. The first-order valence-corrected chi connectivity index (χ1v) is 5.86. The van der Waals surface area contributed by atoms with Crippen molar-refractivity contribution in [2.75, 3.05) is 30.4 Å². The lowest BCUT2D eigenvalue weighted by atomic mass is 10.1. The SMILES string of the molecule is CN1C(=O)COc2ccc(NCC(C)(C)O)cc21. The third-order valence-electron chi connectivity index (χ3n) is 2.77. The second kappa shape index (κ2) is 4.49. The van der Waals surface area contributed by atoms with E-state index in [4.69, 9.17) is 4.74 Å². The van der Waals surface area contributed by atoms with Crippen molar-refractivity contribution in [1.29, 1.82) is 0 Å². The van der Waals surface area contributed by atoms with E-state index in [1.807, 2.05) is 18.2 Å². The number of ether oxygens (including phenoxy) is 1. The molecule has 0 aromatic heterocycles. The van der Waals surface area contributed by atoms with Gasteiger partial charge in [0.05, 0.1) is 11.3 Å². The Balaban J connectivity index is 2.18. The van der Waals surface area contributed by atoms with Crippen LogP contribution in [0.15, 0.2) is 18.2 Å². The van der Waals surface area contributed by atoms with E-state index in [2.05, 4.69) is 5.32 Å². The zero-order valence-corrected chi connectivity index (χ0v) is 10.9. The molecular weight excluding hydrogens is 232 g/mol. The number of likely N-dealkylation sites (N-methyl/N-ethyl adjacent to an activating group) is 1. The van der Waals surface area contributed by atoms with Gasteiger partial charge in [-0.1, -0.05) is 0 Å². The average molecular weight is 250 g/mol. The number of fused-ring (bicyclic) bond motifs is 1. The van der Waals surface area contributed by atoms with Crippen molar-refractivity contribution in [3.8, 4) is 5.75 Å². The highest BCUT2D eigenvalue weighted by Crippen LogP contribution is 2.33. The van der Waals surface area contributed by atoms with Crippen LogP contribution in [0.3, 0.4) is 0 Å². The van der Waals surface area contributed by atoms with Crippen molar-refractivity contribution in [3.05, 3.63) is 18.2 Å². The van der Waals surface area contributed by atoms with Crippen molar-refractivity contribution in [1.82, 2.24) is 0 Å². The van der Waals surface area contributed by atoms with Gasteiger partial charge in [-0.2, -0.15) is 0 Å². The van der Waals surface area contributed by atoms with Crippen LogP contribution in [-0.2, 0) is 4.79 Å². The zero-order valence-electron chi connectivity index (χ0n) is 10.9. The topological polar surface area (TPSA) is 61.8 Å². The maximum atomic E-state index is 11.5. The number of rotatable bonds is 3. The highest BCUT2D eigenvalue weighted by molar-refractivity contribution is 5.97. The highest BCUT2D eigenvalue weighted by atomic mass is 16.5. The summed E-state index contributed by atoms with van der Waals surface area (Å²) in [5, 5.41) is 12.8. The molecule has 0 fully saturated rings. The minimum absolute atomic E-state index is 0.0675. The monoisotopic (exact) mass is 250 g/mol. The Morgan fingerprint density at radius 2 is 2.22 bits per heavy atom. The van der Waals surface area contributed by atoms with E-state index in [0.29, 0.717) is 12.3 Å². The Morgan fingerprint density at radius 3 is 2.89 bits per heavy atom. The molecule has 5 nitrogen and oxygen atoms in total. The van der Waals surface area contributed by atoms with E-state index < -0.39 is 5.60 Å². The van der Waals surface area contributed by atoms with Crippen LogP contribution in [0.2, 0.25) is 0 Å². The number of carbonyl (C=O) groups excluding carboxylic acids is 1. The van der Waals surface area contributed by atoms with Gasteiger partial charge in [0.15, 0.2) is 6.61 Å². The summed E-state index contributed by atoms with van der Waals surface area (Å²) < 4.78 is 5.34. The summed E-state index contributed by atoms with van der Waals surface area (Å²) in [6, 6.07) is 5.54. The number of amides is 1. The number of benzene rings is 1. The van der Waals surface area contributed by atoms with E-state index in [0.717, 1.165) is 11.4 Å². The smallest absolute Gasteiger partial charge is 0.264 e. The third-order valence-corrected chi connectivity index (χ3v) is 2.77. The molecule has 1 amide bonds. The number of hydrogen-bond donors (Lipinski definition) is 2. The van der Waals surface area contributed by atoms with Crippen LogP contribution in [0, 0.1) is 0 Å². The van der Waals surface area contributed by atoms with Crippen LogP contribution >= 0.6 is 0 Å². The first-order chi connectivity index (χ1) is 8.37. The molecular formula is C13H18N2O3. The van der Waals surface area contributed by atoms with Gasteiger partial charge in [-0.05, 0) is 32.0 Å². The van der Waals surface area contributed by atoms with E-state index in [9.17, 15) is 9.90 Å². The Labute approximate surface area is 106 Å². The Hall–Kier alpha value is -1.75. The fourth-order valence-electron chi connectivity index (χ4n) is 1.70. The summed E-state index contributed by atoms with van der Waals surface area (Å²) in [5.74, 6) is 0.632. The molecule has 0 radical (unpaired) electrons. The molecule has 2 N–H and O–H groups in total. The largest absolute Gasteiger partial charge is 0.482 e. The van der Waals surface area contributed by atoms with Gasteiger partial charge in [-0.3, -0.25) is 4.79 Å². The number of hydrogen-bond acceptors (Lipinski definition) is 4. The summed E-state index contributed by atoms with van der Waals surface area (Å²) in [7, 11) is 1.73. The van der Waals surface area contributed by atoms with Gasteiger partial charge in [0.1, 0.15) is 5.75 Å². The van der Waals surface area contributed by atoms with Gasteiger partial charge in [0.25, 0.3) is 5.91 Å². The predicted molar refractivity (Wildman–Crippen MR) is 70.1 cm³/mol. The number of nitrogens with zero attached hydrogens (tertiary/aromatic N) is 1. The lowest BCUT2D eigenvalue weighted by molar-refractivity contribution is -0.120. The molecule has 0 bridgehead atoms. The second-order valence-electron chi connectivity index (χ2n) is 5.09. The lowest BCUT2D eigenvalue weighted by Crippen LogP contribution is -2.35. The molecule has 98 valence electrons. The van der Waals surface area contributed by atoms with Crippen molar-refractivity contribution < 1.29 is 14.6 Å². The number of aliphatic hydroxyl groups is 1. The van der Waals surface area contributed by atoms with Crippen molar-refractivity contribution in [2.24, 2.45) is 0 Å². The number of nitrogens with one attached hydrogen (secondary N) is 1. The van der Waals surface area contributed by atoms with Gasteiger partial charge in [0.2, 0.25) is 0 Å². The maximum Gasteiger partial charge on any atom is 0.264 e. The second-order valence-corrected chi connectivity index (χ2v) is 5.09. The Morgan fingerprint density at radius 1 is 1.50 bits per heavy atom. The summed E-state index contributed by atoms with van der Waals surface area (Å²) >= 11 is 0. The van der Waals surface area contributed by atoms with Crippen LogP contribution < -0.4 is 15.0 Å². The van der Waals surface area contributed by atoms with Crippen LogP contribution in [0.5, 0.6) is 5.75 Å². The minimum atomic E-state index is -0.784. The molecule has 0 saturated carbocycles. The molecule has 1 heterocycles. The predicted octanol–water partition coefficient (Wildman–Crippen LogP) is 1.22. The Kier molecular flexibility index (Phi) is 3.17. The van der Waals surface area contributed by atoms with E-state index in [-0.39, 0.29) is 12.5 Å². The van der Waals surface area contributed by atoms with E-state index in [1.54, 1.807) is 25.8 Å². The van der Waals surface area contributed by atoms with Crippen molar-refractivity contribution in [2.45, 2.75) is 19.4 Å². The molecule has 1 aliphatic rings. The zero-order chi connectivity index (χ0) is 13.3. The summed E-state index contributed by atoms with van der Waals surface area (Å²) in [6.07, 6.45) is 0. The average Bonchev–Trinajstić information content (AvgIpc) is 2.31. The van der Waals surface area contributed by atoms with Crippen molar-refractivity contribution in [3.63, 3.8) is 0 Å². The first kappa shape index (κ1) is 12.7. The summed E-state index contributed by atoms with van der Waals surface area (Å²) in [5.41, 5.74) is 0.807. The molecule has 0 unspecified atom stereocenters. The molecule has 1 aromatic carbocycles. The van der Waals surface area contributed by atoms with Crippen LogP contribution in [0.4, 0.5) is 11.4 Å².